The molecule has 4 N–H and O–H groups in total. The lowest BCUT2D eigenvalue weighted by atomic mass is 10.0. The van der Waals surface area contributed by atoms with E-state index in [1.165, 1.54) is 18.2 Å². The van der Waals surface area contributed by atoms with Gasteiger partial charge in [0.05, 0.1) is 6.10 Å². The average molecular weight is 294 g/mol. The normalized spacial score (nSPS) is 21.6. The van der Waals surface area contributed by atoms with E-state index in [1.807, 2.05) is 6.92 Å². The first-order chi connectivity index (χ1) is 9.95. The third-order valence-electron chi connectivity index (χ3n) is 3.31. The highest BCUT2D eigenvalue weighted by Gasteiger charge is 2.21. The second-order valence-corrected chi connectivity index (χ2v) is 5.04. The molecule has 0 aromatic heterocycles. The van der Waals surface area contributed by atoms with Crippen LogP contribution in [0.5, 0.6) is 5.75 Å². The molecule has 114 valence electrons. The van der Waals surface area contributed by atoms with Gasteiger partial charge < -0.3 is 25.6 Å². The number of phenols is 1. The number of anilines is 1. The fraction of sp³-hybridized carbons (Fsp3) is 0.429. The molecule has 1 saturated heterocycles. The van der Waals surface area contributed by atoms with Crippen LogP contribution in [-0.4, -0.2) is 41.0 Å². The van der Waals surface area contributed by atoms with Crippen LogP contribution < -0.4 is 10.6 Å². The van der Waals surface area contributed by atoms with Gasteiger partial charge in [-0.2, -0.15) is 0 Å². The number of rotatable bonds is 3. The minimum absolute atomic E-state index is 0.0322. The number of aromatic hydroxyl groups is 1. The number of ether oxygens (including phenoxy) is 1. The largest absolute Gasteiger partial charge is 0.507 e. The fourth-order valence-corrected chi connectivity index (χ4v) is 2.27. The molecule has 0 saturated carbocycles. The molecule has 1 aliphatic rings. The predicted molar refractivity (Wildman–Crippen MR) is 75.7 cm³/mol. The maximum absolute atomic E-state index is 11.9. The number of carboxylic acids is 1. The molecule has 0 bridgehead atoms. The second kappa shape index (κ2) is 6.45. The molecule has 0 spiro atoms. The third kappa shape index (κ3) is 4.09. The molecular formula is C14H18N2O5. The monoisotopic (exact) mass is 294 g/mol. The Bertz CT molecular complexity index is 546. The van der Waals surface area contributed by atoms with Gasteiger partial charge in [-0.25, -0.2) is 9.59 Å². The van der Waals surface area contributed by atoms with Gasteiger partial charge in [-0.15, -0.1) is 0 Å². The molecule has 2 amide bonds. The Hall–Kier alpha value is -2.28. The van der Waals surface area contributed by atoms with E-state index in [2.05, 4.69) is 10.6 Å². The molecule has 7 heteroatoms. The zero-order valence-corrected chi connectivity index (χ0v) is 11.6. The van der Waals surface area contributed by atoms with Gasteiger partial charge in [-0.1, -0.05) is 0 Å². The van der Waals surface area contributed by atoms with Crippen LogP contribution in [0.25, 0.3) is 0 Å². The van der Waals surface area contributed by atoms with Crippen LogP contribution in [0, 0.1) is 0 Å². The smallest absolute Gasteiger partial charge is 0.339 e. The number of hydrogen-bond acceptors (Lipinski definition) is 4. The molecule has 1 aliphatic heterocycles. The van der Waals surface area contributed by atoms with Gasteiger partial charge in [0, 0.05) is 18.3 Å². The quantitative estimate of drug-likeness (QED) is 0.635. The van der Waals surface area contributed by atoms with Crippen molar-refractivity contribution < 1.29 is 24.5 Å². The van der Waals surface area contributed by atoms with Gasteiger partial charge in [0.2, 0.25) is 0 Å². The van der Waals surface area contributed by atoms with Crippen LogP contribution >= 0.6 is 0 Å². The van der Waals surface area contributed by atoms with E-state index in [1.54, 1.807) is 0 Å². The van der Waals surface area contributed by atoms with Crippen molar-refractivity contribution in [2.75, 3.05) is 11.9 Å². The minimum atomic E-state index is -1.25. The second-order valence-electron chi connectivity index (χ2n) is 5.04. The van der Waals surface area contributed by atoms with E-state index in [9.17, 15) is 14.7 Å². The van der Waals surface area contributed by atoms with Crippen molar-refractivity contribution in [1.82, 2.24) is 5.32 Å². The maximum atomic E-state index is 11.9. The topological polar surface area (TPSA) is 108 Å². The van der Waals surface area contributed by atoms with Crippen LogP contribution in [0.2, 0.25) is 0 Å². The van der Waals surface area contributed by atoms with Gasteiger partial charge in [0.1, 0.15) is 11.3 Å². The predicted octanol–water partition coefficient (Wildman–Crippen LogP) is 1.78. The Labute approximate surface area is 121 Å². The van der Waals surface area contributed by atoms with E-state index in [0.717, 1.165) is 12.8 Å². The summed E-state index contributed by atoms with van der Waals surface area (Å²) in [5, 5.41) is 23.7. The highest BCUT2D eigenvalue weighted by Crippen LogP contribution is 2.21. The SMILES string of the molecule is CC1CC(NC(=O)Nc2ccc(O)c(C(=O)O)c2)CCO1. The van der Waals surface area contributed by atoms with Gasteiger partial charge in [0.25, 0.3) is 0 Å². The standard InChI is InChI=1S/C14H18N2O5/c1-8-6-10(4-5-21-8)16-14(20)15-9-2-3-12(17)11(7-9)13(18)19/h2-3,7-8,10,17H,4-6H2,1H3,(H,18,19)(H2,15,16,20). The summed E-state index contributed by atoms with van der Waals surface area (Å²) < 4.78 is 5.40. The molecule has 2 rings (SSSR count). The highest BCUT2D eigenvalue weighted by atomic mass is 16.5. The molecule has 21 heavy (non-hydrogen) atoms. The fourth-order valence-electron chi connectivity index (χ4n) is 2.27. The molecule has 1 heterocycles. The highest BCUT2D eigenvalue weighted by molar-refractivity contribution is 5.95. The van der Waals surface area contributed by atoms with Crippen molar-refractivity contribution >= 4 is 17.7 Å². The summed E-state index contributed by atoms with van der Waals surface area (Å²) >= 11 is 0. The van der Waals surface area contributed by atoms with Crippen molar-refractivity contribution in [3.05, 3.63) is 23.8 Å². The summed E-state index contributed by atoms with van der Waals surface area (Å²) in [5.74, 6) is -1.60. The Balaban J connectivity index is 1.96. The summed E-state index contributed by atoms with van der Waals surface area (Å²) in [6.45, 7) is 2.55. The number of aromatic carboxylic acids is 1. The van der Waals surface area contributed by atoms with Crippen LogP contribution in [-0.2, 0) is 4.74 Å². The molecule has 1 aromatic rings. The first-order valence-electron chi connectivity index (χ1n) is 6.71. The summed E-state index contributed by atoms with van der Waals surface area (Å²) in [6, 6.07) is 3.51. The molecule has 2 atom stereocenters. The number of urea groups is 1. The van der Waals surface area contributed by atoms with E-state index in [4.69, 9.17) is 9.84 Å². The van der Waals surface area contributed by atoms with Crippen molar-refractivity contribution in [2.24, 2.45) is 0 Å². The van der Waals surface area contributed by atoms with E-state index in [-0.39, 0.29) is 23.5 Å². The van der Waals surface area contributed by atoms with Crippen LogP contribution in [0.15, 0.2) is 18.2 Å². The Morgan fingerprint density at radius 2 is 2.14 bits per heavy atom. The molecular weight excluding hydrogens is 276 g/mol. The number of amides is 2. The lowest BCUT2D eigenvalue weighted by molar-refractivity contribution is 0.0157. The molecule has 1 fully saturated rings. The number of hydrogen-bond donors (Lipinski definition) is 4. The Morgan fingerprint density at radius 3 is 2.81 bits per heavy atom. The number of benzene rings is 1. The average Bonchev–Trinajstić information content (AvgIpc) is 2.40. The Morgan fingerprint density at radius 1 is 1.38 bits per heavy atom. The lowest BCUT2D eigenvalue weighted by Gasteiger charge is -2.27. The van der Waals surface area contributed by atoms with Crippen molar-refractivity contribution in [2.45, 2.75) is 31.9 Å². The minimum Gasteiger partial charge on any atom is -0.507 e. The van der Waals surface area contributed by atoms with Crippen LogP contribution in [0.1, 0.15) is 30.1 Å². The molecule has 2 unspecified atom stereocenters. The van der Waals surface area contributed by atoms with Gasteiger partial charge in [0.15, 0.2) is 0 Å². The van der Waals surface area contributed by atoms with E-state index >= 15 is 0 Å². The van der Waals surface area contributed by atoms with E-state index in [0.29, 0.717) is 12.3 Å². The molecule has 7 nitrogen and oxygen atoms in total. The number of carbonyl (C=O) groups excluding carboxylic acids is 1. The number of carboxylic acid groups (broad SMARTS) is 1. The van der Waals surface area contributed by atoms with Gasteiger partial charge in [-0.05, 0) is 38.0 Å². The van der Waals surface area contributed by atoms with Crippen molar-refractivity contribution in [1.29, 1.82) is 0 Å². The zero-order chi connectivity index (χ0) is 15.4. The summed E-state index contributed by atoms with van der Waals surface area (Å²) in [6.07, 6.45) is 1.59. The van der Waals surface area contributed by atoms with Crippen LogP contribution in [0.4, 0.5) is 10.5 Å². The van der Waals surface area contributed by atoms with Gasteiger partial charge >= 0.3 is 12.0 Å². The summed E-state index contributed by atoms with van der Waals surface area (Å²) in [4.78, 5) is 22.8. The third-order valence-corrected chi connectivity index (χ3v) is 3.31. The van der Waals surface area contributed by atoms with Crippen molar-refractivity contribution in [3.8, 4) is 5.75 Å². The Kier molecular flexibility index (Phi) is 4.64. The van der Waals surface area contributed by atoms with Gasteiger partial charge in [-0.3, -0.25) is 0 Å². The summed E-state index contributed by atoms with van der Waals surface area (Å²) in [7, 11) is 0. The van der Waals surface area contributed by atoms with Crippen molar-refractivity contribution in [3.63, 3.8) is 0 Å². The first kappa shape index (κ1) is 15.1. The number of carbonyl (C=O) groups is 2. The molecule has 1 aromatic carbocycles. The first-order valence-corrected chi connectivity index (χ1v) is 6.71. The van der Waals surface area contributed by atoms with E-state index < -0.39 is 12.0 Å². The maximum Gasteiger partial charge on any atom is 0.339 e. The number of nitrogens with one attached hydrogen (secondary N) is 2. The molecule has 0 aliphatic carbocycles. The molecule has 0 radical (unpaired) electrons. The lowest BCUT2D eigenvalue weighted by Crippen LogP contribution is -2.43. The zero-order valence-electron chi connectivity index (χ0n) is 11.6. The van der Waals surface area contributed by atoms with Crippen LogP contribution in [0.3, 0.4) is 0 Å². The summed E-state index contributed by atoms with van der Waals surface area (Å²) in [5.41, 5.74) is 0.0512.